The van der Waals surface area contributed by atoms with Crippen LogP contribution >= 0.6 is 47.8 Å². The Balaban J connectivity index is 1.85. The zero-order valence-corrected chi connectivity index (χ0v) is 20.9. The van der Waals surface area contributed by atoms with E-state index < -0.39 is 0 Å². The van der Waals surface area contributed by atoms with Crippen molar-refractivity contribution in [2.24, 2.45) is 0 Å². The molecule has 5 heteroatoms. The summed E-state index contributed by atoms with van der Waals surface area (Å²) in [6.45, 7) is 0. The first-order valence-corrected chi connectivity index (χ1v) is 12.1. The van der Waals surface area contributed by atoms with E-state index in [-0.39, 0.29) is 5.97 Å². The summed E-state index contributed by atoms with van der Waals surface area (Å²) in [4.78, 5) is 11.5. The van der Waals surface area contributed by atoms with Crippen molar-refractivity contribution in [1.82, 2.24) is 0 Å². The molecule has 0 aromatic heterocycles. The highest BCUT2D eigenvalue weighted by Gasteiger charge is 2.17. The van der Waals surface area contributed by atoms with Crippen LogP contribution in [0.1, 0.15) is 18.4 Å². The molecule has 0 aliphatic carbocycles. The van der Waals surface area contributed by atoms with Gasteiger partial charge in [-0.1, -0.05) is 72.1 Å². The lowest BCUT2D eigenvalue weighted by atomic mass is 9.87. The molecule has 5 aromatic rings. The van der Waals surface area contributed by atoms with Crippen molar-refractivity contribution in [2.75, 3.05) is 7.11 Å². The van der Waals surface area contributed by atoms with Crippen LogP contribution in [0.15, 0.2) is 61.9 Å². The van der Waals surface area contributed by atoms with Crippen molar-refractivity contribution in [2.45, 2.75) is 19.3 Å². The number of hydrogen-bond donors (Lipinski definition) is 0. The van der Waals surface area contributed by atoms with E-state index in [9.17, 15) is 4.79 Å². The highest BCUT2D eigenvalue weighted by Crippen LogP contribution is 2.45. The summed E-state index contributed by atoms with van der Waals surface area (Å²) in [6, 6.07) is 17.5. The van der Waals surface area contributed by atoms with Crippen molar-refractivity contribution in [3.8, 4) is 0 Å². The third-order valence-corrected chi connectivity index (χ3v) is 7.64. The van der Waals surface area contributed by atoms with Gasteiger partial charge in [-0.15, -0.1) is 0 Å². The first kappa shape index (κ1) is 20.2. The molecule has 2 nitrogen and oxygen atoms in total. The Morgan fingerprint density at radius 1 is 0.767 bits per heavy atom. The molecule has 0 aliphatic heterocycles. The van der Waals surface area contributed by atoms with Crippen LogP contribution in [0.2, 0.25) is 0 Å². The van der Waals surface area contributed by atoms with Gasteiger partial charge in [0, 0.05) is 25.2 Å². The molecule has 0 atom stereocenters. The summed E-state index contributed by atoms with van der Waals surface area (Å²) in [5.41, 5.74) is 1.26. The predicted molar refractivity (Wildman–Crippen MR) is 136 cm³/mol. The first-order valence-electron chi connectivity index (χ1n) is 9.73. The van der Waals surface area contributed by atoms with Crippen molar-refractivity contribution in [1.29, 1.82) is 0 Å². The molecular weight excluding hydrogens is 572 g/mol. The molecule has 0 aliphatic rings. The Morgan fingerprint density at radius 2 is 1.37 bits per heavy atom. The predicted octanol–water partition coefficient (Wildman–Crippen LogP) is 8.52. The third-order valence-electron chi connectivity index (χ3n) is 5.86. The van der Waals surface area contributed by atoms with Crippen molar-refractivity contribution in [3.63, 3.8) is 0 Å². The number of rotatable bonds is 4. The Bertz CT molecular complexity index is 1450. The molecular formula is C25H17Br3O2. The van der Waals surface area contributed by atoms with Crippen LogP contribution in [0, 0.1) is 0 Å². The number of ether oxygens (including phenoxy) is 1. The number of carbonyl (C=O) groups is 1. The molecule has 0 saturated heterocycles. The molecule has 0 fully saturated rings. The Hall–Kier alpha value is -1.69. The third kappa shape index (κ3) is 3.14. The summed E-state index contributed by atoms with van der Waals surface area (Å²) in [6.07, 6.45) is 2.05. The fourth-order valence-electron chi connectivity index (χ4n) is 4.55. The van der Waals surface area contributed by atoms with Crippen LogP contribution in [-0.4, -0.2) is 13.1 Å². The van der Waals surface area contributed by atoms with E-state index in [4.69, 9.17) is 4.74 Å². The van der Waals surface area contributed by atoms with E-state index in [1.807, 2.05) is 0 Å². The Morgan fingerprint density at radius 3 is 2.07 bits per heavy atom. The zero-order valence-electron chi connectivity index (χ0n) is 16.2. The number of methoxy groups -OCH3 is 1. The number of fused-ring (bicyclic) bond motifs is 2. The Kier molecular flexibility index (Phi) is 5.24. The Labute approximate surface area is 199 Å². The molecule has 0 radical (unpaired) electrons. The second-order valence-electron chi connectivity index (χ2n) is 7.52. The van der Waals surface area contributed by atoms with E-state index in [0.29, 0.717) is 6.42 Å². The quantitative estimate of drug-likeness (QED) is 0.119. The monoisotopic (exact) mass is 586 g/mol. The summed E-state index contributed by atoms with van der Waals surface area (Å²) >= 11 is 11.2. The maximum atomic E-state index is 11.5. The molecule has 150 valence electrons. The molecule has 0 amide bonds. The lowest BCUT2D eigenvalue weighted by Gasteiger charge is -2.18. The molecule has 0 heterocycles. The van der Waals surface area contributed by atoms with Gasteiger partial charge in [-0.05, 0) is 80.4 Å². The van der Waals surface area contributed by atoms with Gasteiger partial charge >= 0.3 is 5.97 Å². The number of aryl methyl sites for hydroxylation is 1. The second-order valence-corrected chi connectivity index (χ2v) is 10.1. The van der Waals surface area contributed by atoms with Gasteiger partial charge in [-0.3, -0.25) is 4.79 Å². The average Bonchev–Trinajstić information content (AvgIpc) is 2.73. The average molecular weight is 589 g/mol. The summed E-state index contributed by atoms with van der Waals surface area (Å²) in [5, 5.41) is 9.99. The van der Waals surface area contributed by atoms with Crippen LogP contribution in [0.5, 0.6) is 0 Å². The van der Waals surface area contributed by atoms with E-state index in [1.165, 1.54) is 55.8 Å². The molecule has 0 saturated carbocycles. The minimum atomic E-state index is -0.157. The van der Waals surface area contributed by atoms with Crippen LogP contribution in [-0.2, 0) is 16.0 Å². The fraction of sp³-hybridized carbons (Fsp3) is 0.160. The second kappa shape index (κ2) is 7.77. The molecule has 0 unspecified atom stereocenters. The van der Waals surface area contributed by atoms with Crippen LogP contribution in [0.25, 0.3) is 43.1 Å². The number of halogens is 3. The van der Waals surface area contributed by atoms with Gasteiger partial charge in [0.1, 0.15) is 0 Å². The number of hydrogen-bond acceptors (Lipinski definition) is 2. The molecule has 0 bridgehead atoms. The highest BCUT2D eigenvalue weighted by atomic mass is 79.9. The topological polar surface area (TPSA) is 26.3 Å². The van der Waals surface area contributed by atoms with Gasteiger partial charge in [0.15, 0.2) is 0 Å². The van der Waals surface area contributed by atoms with Crippen molar-refractivity contribution in [3.05, 3.63) is 67.5 Å². The van der Waals surface area contributed by atoms with Gasteiger partial charge in [-0.2, -0.15) is 0 Å². The highest BCUT2D eigenvalue weighted by molar-refractivity contribution is 9.11. The van der Waals surface area contributed by atoms with Crippen molar-refractivity contribution < 1.29 is 9.53 Å². The minimum Gasteiger partial charge on any atom is -0.469 e. The minimum absolute atomic E-state index is 0.157. The molecule has 5 rings (SSSR count). The fourth-order valence-corrected chi connectivity index (χ4v) is 6.36. The lowest BCUT2D eigenvalue weighted by molar-refractivity contribution is -0.140. The normalized spacial score (nSPS) is 11.9. The maximum absolute atomic E-state index is 11.5. The van der Waals surface area contributed by atoms with Gasteiger partial charge < -0.3 is 4.74 Å². The maximum Gasteiger partial charge on any atom is 0.305 e. The van der Waals surface area contributed by atoms with Crippen LogP contribution in [0.3, 0.4) is 0 Å². The number of benzene rings is 5. The summed E-state index contributed by atoms with van der Waals surface area (Å²) < 4.78 is 8.03. The van der Waals surface area contributed by atoms with Crippen LogP contribution < -0.4 is 0 Å². The van der Waals surface area contributed by atoms with Crippen LogP contribution in [0.4, 0.5) is 0 Å². The van der Waals surface area contributed by atoms with Gasteiger partial charge in [-0.25, -0.2) is 0 Å². The van der Waals surface area contributed by atoms with Gasteiger partial charge in [0.25, 0.3) is 0 Å². The first-order chi connectivity index (χ1) is 14.5. The summed E-state index contributed by atoms with van der Waals surface area (Å²) in [5.74, 6) is -0.157. The molecule has 30 heavy (non-hydrogen) atoms. The SMILES string of the molecule is COC(=O)CCCc1ccc2c3ccc(Br)c4c(Br)ccc(c5cc(Br)cc1c25)c43. The molecule has 0 spiro atoms. The zero-order chi connectivity index (χ0) is 21.0. The van der Waals surface area contributed by atoms with E-state index >= 15 is 0 Å². The lowest BCUT2D eigenvalue weighted by Crippen LogP contribution is -2.01. The number of carbonyl (C=O) groups excluding carboxylic acids is 1. The van der Waals surface area contributed by atoms with E-state index in [1.54, 1.807) is 0 Å². The van der Waals surface area contributed by atoms with E-state index in [2.05, 4.69) is 96.3 Å². The molecule has 5 aromatic carbocycles. The smallest absolute Gasteiger partial charge is 0.305 e. The largest absolute Gasteiger partial charge is 0.469 e. The van der Waals surface area contributed by atoms with E-state index in [0.717, 1.165) is 26.3 Å². The summed E-state index contributed by atoms with van der Waals surface area (Å²) in [7, 11) is 1.44. The standard InChI is InChI=1S/C25H17Br3O2/c1-30-22(29)4-2-3-13-5-6-15-16-7-9-20(27)25-21(28)10-8-17(24(16)25)19-12-14(26)11-18(13)23(15)19/h5-12H,2-4H2,1H3. The van der Waals surface area contributed by atoms with Gasteiger partial charge in [0.2, 0.25) is 0 Å². The van der Waals surface area contributed by atoms with Crippen molar-refractivity contribution >= 4 is 96.8 Å². The molecule has 0 N–H and O–H groups in total. The number of esters is 1. The van der Waals surface area contributed by atoms with Gasteiger partial charge in [0.05, 0.1) is 7.11 Å².